The molecule has 0 saturated heterocycles. The molecule has 10 rings (SSSR count). The Bertz CT molecular complexity index is 3220. The van der Waals surface area contributed by atoms with Crippen LogP contribution in [0.25, 0.3) is 22.3 Å². The maximum atomic E-state index is 16.8. The Labute approximate surface area is 369 Å². The van der Waals surface area contributed by atoms with Crippen molar-refractivity contribution in [2.75, 3.05) is 0 Å². The van der Waals surface area contributed by atoms with Crippen molar-refractivity contribution in [2.24, 2.45) is 0 Å². The largest absolute Gasteiger partial charge is 0.309 e. The first-order valence-electron chi connectivity index (χ1n) is 21.2. The van der Waals surface area contributed by atoms with Gasteiger partial charge in [0.2, 0.25) is 0 Å². The van der Waals surface area contributed by atoms with E-state index in [2.05, 4.69) is 146 Å². The molecule has 1 unspecified atom stereocenters. The molecule has 1 atom stereocenters. The van der Waals surface area contributed by atoms with Crippen LogP contribution in [-0.4, -0.2) is 0 Å². The minimum atomic E-state index is -3.58. The predicted molar refractivity (Wildman–Crippen MR) is 257 cm³/mol. The number of benzene rings is 9. The lowest BCUT2D eigenvalue weighted by atomic mass is 9.67. The molecule has 0 spiro atoms. The average Bonchev–Trinajstić information content (AvgIpc) is 3.65. The third-order valence-corrected chi connectivity index (χ3v) is 15.6. The first-order chi connectivity index (χ1) is 31.0. The molecule has 0 heterocycles. The van der Waals surface area contributed by atoms with Gasteiger partial charge in [-0.3, -0.25) is 0 Å². The fraction of sp³-hybridized carbons (Fsp3) is 0.0508. The van der Waals surface area contributed by atoms with E-state index in [-0.39, 0.29) is 0 Å². The number of nitrogens with zero attached hydrogens (tertiary/aromatic N) is 2. The molecule has 0 amide bonds. The second-order valence-electron chi connectivity index (χ2n) is 16.2. The molecule has 3 nitrogen and oxygen atoms in total. The van der Waals surface area contributed by atoms with Crippen molar-refractivity contribution in [1.29, 1.82) is 10.5 Å². The van der Waals surface area contributed by atoms with Gasteiger partial charge in [-0.25, -0.2) is 0 Å². The Kier molecular flexibility index (Phi) is 10.3. The number of nitriles is 2. The van der Waals surface area contributed by atoms with Crippen LogP contribution in [0.3, 0.4) is 0 Å². The summed E-state index contributed by atoms with van der Waals surface area (Å²) in [6.07, 6.45) is 1.29. The fourth-order valence-electron chi connectivity index (χ4n) is 9.72. The van der Waals surface area contributed by atoms with Crippen LogP contribution in [0.2, 0.25) is 0 Å². The first kappa shape index (κ1) is 39.3. The number of fused-ring (bicyclic) bond motifs is 3. The zero-order valence-electron chi connectivity index (χ0n) is 34.5. The lowest BCUT2D eigenvalue weighted by Crippen LogP contribution is -2.31. The molecule has 4 heteroatoms. The summed E-state index contributed by atoms with van der Waals surface area (Å²) in [5, 5.41) is 22.4. The minimum Gasteiger partial charge on any atom is -0.309 e. The molecule has 1 aliphatic rings. The molecule has 0 saturated carbocycles. The van der Waals surface area contributed by atoms with Crippen LogP contribution < -0.4 is 15.9 Å². The Balaban J connectivity index is 1.22. The molecule has 0 aromatic heterocycles. The van der Waals surface area contributed by atoms with Gasteiger partial charge in [0.1, 0.15) is 0 Å². The second kappa shape index (κ2) is 16.6. The summed E-state index contributed by atoms with van der Waals surface area (Å²) in [5.41, 5.74) is 13.2. The van der Waals surface area contributed by atoms with Gasteiger partial charge in [0.05, 0.1) is 28.7 Å². The van der Waals surface area contributed by atoms with Crippen molar-refractivity contribution >= 4 is 23.1 Å². The van der Waals surface area contributed by atoms with Crippen molar-refractivity contribution in [3.05, 3.63) is 280 Å². The number of hydrogen-bond acceptors (Lipinski definition) is 3. The van der Waals surface area contributed by atoms with Crippen LogP contribution in [0.1, 0.15) is 55.6 Å². The van der Waals surface area contributed by atoms with Crippen LogP contribution in [0.15, 0.2) is 224 Å². The molecular weight excluding hydrogens is 784 g/mol. The molecule has 9 aromatic rings. The fourth-order valence-corrected chi connectivity index (χ4v) is 12.4. The summed E-state index contributed by atoms with van der Waals surface area (Å²) in [4.78, 5) is 0. The summed E-state index contributed by atoms with van der Waals surface area (Å²) < 4.78 is 16.8. The molecule has 0 aliphatic heterocycles. The van der Waals surface area contributed by atoms with Crippen LogP contribution >= 0.6 is 7.14 Å². The third-order valence-electron chi connectivity index (χ3n) is 12.6. The van der Waals surface area contributed by atoms with Crippen LogP contribution in [0.4, 0.5) is 0 Å². The zero-order chi connectivity index (χ0) is 42.8. The molecule has 0 radical (unpaired) electrons. The van der Waals surface area contributed by atoms with E-state index in [0.29, 0.717) is 24.0 Å². The standard InChI is InChI=1S/C59H41N2OP/c60-40-44-26-30-53(46(36-44)34-42-16-6-1-7-17-42)54-32-28-51(38-47(54)35-43-18-8-2-9-19-43)63(62,50-24-14-5-15-25-50)52-29-33-56-55-31-27-45(41-61)37-57(55)59(58(56)39-52,48-20-10-3-11-21-48)49-22-12-4-13-23-49/h1-33,36-39H,34-35H2. The Morgan fingerprint density at radius 2 is 0.778 bits per heavy atom. The van der Waals surface area contributed by atoms with Gasteiger partial charge in [-0.1, -0.05) is 188 Å². The second-order valence-corrected chi connectivity index (χ2v) is 18.9. The van der Waals surface area contributed by atoms with E-state index >= 15 is 4.57 Å². The highest BCUT2D eigenvalue weighted by Crippen LogP contribution is 2.57. The third kappa shape index (κ3) is 6.91. The highest BCUT2D eigenvalue weighted by Gasteiger charge is 2.47. The predicted octanol–water partition coefficient (Wildman–Crippen LogP) is 12.3. The molecular formula is C59H41N2OP. The topological polar surface area (TPSA) is 64.7 Å². The molecule has 0 bridgehead atoms. The summed E-state index contributed by atoms with van der Waals surface area (Å²) in [6.45, 7) is 0. The quantitative estimate of drug-likeness (QED) is 0.129. The van der Waals surface area contributed by atoms with Gasteiger partial charge >= 0.3 is 0 Å². The van der Waals surface area contributed by atoms with Gasteiger partial charge < -0.3 is 4.57 Å². The average molecular weight is 825 g/mol. The SMILES string of the molecule is N#Cc1ccc(-c2ccc(P(=O)(c3ccccc3)c3ccc4c(c3)C(c3ccccc3)(c3ccccc3)c3cc(C#N)ccc3-4)cc2Cc2ccccc2)c(Cc2ccccc2)c1. The monoisotopic (exact) mass is 824 g/mol. The number of hydrogen-bond donors (Lipinski definition) is 0. The molecule has 0 fully saturated rings. The minimum absolute atomic E-state index is 0.591. The Hall–Kier alpha value is -7.81. The van der Waals surface area contributed by atoms with Crippen molar-refractivity contribution in [3.8, 4) is 34.4 Å². The van der Waals surface area contributed by atoms with E-state index in [0.717, 1.165) is 82.7 Å². The van der Waals surface area contributed by atoms with Crippen LogP contribution in [0.5, 0.6) is 0 Å². The van der Waals surface area contributed by atoms with Gasteiger partial charge in [-0.2, -0.15) is 10.5 Å². The summed E-state index contributed by atoms with van der Waals surface area (Å²) in [6, 6.07) is 81.2. The summed E-state index contributed by atoms with van der Waals surface area (Å²) in [5.74, 6) is 0. The van der Waals surface area contributed by atoms with E-state index in [9.17, 15) is 10.5 Å². The Morgan fingerprint density at radius 3 is 1.30 bits per heavy atom. The van der Waals surface area contributed by atoms with Gasteiger partial charge in [-0.15, -0.1) is 0 Å². The smallest absolute Gasteiger partial charge is 0.171 e. The highest BCUT2D eigenvalue weighted by molar-refractivity contribution is 7.85. The normalized spacial score (nSPS) is 13.2. The maximum Gasteiger partial charge on any atom is 0.171 e. The lowest BCUT2D eigenvalue weighted by Gasteiger charge is -2.34. The molecule has 9 aromatic carbocycles. The van der Waals surface area contributed by atoms with Crippen molar-refractivity contribution in [3.63, 3.8) is 0 Å². The maximum absolute atomic E-state index is 16.8. The van der Waals surface area contributed by atoms with E-state index in [1.165, 1.54) is 0 Å². The van der Waals surface area contributed by atoms with Gasteiger partial charge in [0, 0.05) is 15.9 Å². The van der Waals surface area contributed by atoms with E-state index in [1.54, 1.807) is 0 Å². The van der Waals surface area contributed by atoms with Gasteiger partial charge in [0.25, 0.3) is 0 Å². The van der Waals surface area contributed by atoms with Gasteiger partial charge in [0.15, 0.2) is 7.14 Å². The molecule has 1 aliphatic carbocycles. The molecule has 0 N–H and O–H groups in total. The summed E-state index contributed by atoms with van der Waals surface area (Å²) >= 11 is 0. The highest BCUT2D eigenvalue weighted by atomic mass is 31.2. The Morgan fingerprint density at radius 1 is 0.381 bits per heavy atom. The van der Waals surface area contributed by atoms with Crippen LogP contribution in [0, 0.1) is 22.7 Å². The van der Waals surface area contributed by atoms with E-state index < -0.39 is 12.6 Å². The molecule has 298 valence electrons. The van der Waals surface area contributed by atoms with Crippen LogP contribution in [-0.2, 0) is 22.8 Å². The summed E-state index contributed by atoms with van der Waals surface area (Å²) in [7, 11) is -3.58. The molecule has 63 heavy (non-hydrogen) atoms. The van der Waals surface area contributed by atoms with Crippen molar-refractivity contribution in [2.45, 2.75) is 18.3 Å². The van der Waals surface area contributed by atoms with Crippen molar-refractivity contribution < 1.29 is 4.57 Å². The van der Waals surface area contributed by atoms with E-state index in [1.807, 2.05) is 91.0 Å². The van der Waals surface area contributed by atoms with E-state index in [4.69, 9.17) is 0 Å². The van der Waals surface area contributed by atoms with Gasteiger partial charge in [-0.05, 0) is 116 Å². The lowest BCUT2D eigenvalue weighted by molar-refractivity contribution is 0.592. The zero-order valence-corrected chi connectivity index (χ0v) is 35.4. The number of rotatable bonds is 10. The first-order valence-corrected chi connectivity index (χ1v) is 22.9. The van der Waals surface area contributed by atoms with Crippen molar-refractivity contribution in [1.82, 2.24) is 0 Å².